The highest BCUT2D eigenvalue weighted by atomic mass is 19.1. The summed E-state index contributed by atoms with van der Waals surface area (Å²) in [6.07, 6.45) is 1.87. The fraction of sp³-hybridized carbons (Fsp3) is 0.318. The van der Waals surface area contributed by atoms with Gasteiger partial charge in [0.25, 0.3) is 5.91 Å². The highest BCUT2D eigenvalue weighted by molar-refractivity contribution is 6.02. The summed E-state index contributed by atoms with van der Waals surface area (Å²) in [4.78, 5) is 18.6. The van der Waals surface area contributed by atoms with Gasteiger partial charge in [0.05, 0.1) is 6.04 Å². The smallest absolute Gasteiger partial charge is 0.271 e. The van der Waals surface area contributed by atoms with Gasteiger partial charge in [-0.05, 0) is 68.0 Å². The molecule has 0 radical (unpaired) electrons. The molecule has 0 spiro atoms. The first kappa shape index (κ1) is 16.8. The number of hydrogen-bond acceptors (Lipinski definition) is 1. The van der Waals surface area contributed by atoms with Gasteiger partial charge >= 0.3 is 0 Å². The summed E-state index contributed by atoms with van der Waals surface area (Å²) in [7, 11) is 0. The Balaban J connectivity index is 1.74. The molecule has 1 amide bonds. The average molecular weight is 350 g/mol. The Kier molecular flexibility index (Phi) is 4.06. The van der Waals surface area contributed by atoms with Crippen LogP contribution in [0, 0.1) is 26.6 Å². The van der Waals surface area contributed by atoms with E-state index >= 15 is 0 Å². The second-order valence-electron chi connectivity index (χ2n) is 7.28. The van der Waals surface area contributed by atoms with Gasteiger partial charge in [0.1, 0.15) is 11.5 Å². The first-order valence-corrected chi connectivity index (χ1v) is 9.12. The third kappa shape index (κ3) is 2.61. The van der Waals surface area contributed by atoms with E-state index in [-0.39, 0.29) is 17.8 Å². The second-order valence-corrected chi connectivity index (χ2v) is 7.28. The van der Waals surface area contributed by atoms with Crippen molar-refractivity contribution in [1.82, 2.24) is 9.88 Å². The van der Waals surface area contributed by atoms with Gasteiger partial charge in [-0.1, -0.05) is 24.3 Å². The Labute approximate surface area is 152 Å². The van der Waals surface area contributed by atoms with Gasteiger partial charge in [0, 0.05) is 17.4 Å². The molecule has 3 nitrogen and oxygen atoms in total. The number of carbonyl (C=O) groups excluding carboxylic acids is 1. The molecule has 4 rings (SSSR count). The van der Waals surface area contributed by atoms with Crippen LogP contribution < -0.4 is 0 Å². The molecule has 3 aromatic rings. The van der Waals surface area contributed by atoms with E-state index in [4.69, 9.17) is 0 Å². The number of aryl methyl sites for hydroxylation is 3. The normalized spacial score (nSPS) is 17.2. The number of likely N-dealkylation sites (tertiary alicyclic amines) is 1. The van der Waals surface area contributed by atoms with Gasteiger partial charge in [-0.3, -0.25) is 4.79 Å². The first-order chi connectivity index (χ1) is 12.5. The molecule has 1 aromatic heterocycles. The van der Waals surface area contributed by atoms with Gasteiger partial charge in [-0.15, -0.1) is 0 Å². The van der Waals surface area contributed by atoms with E-state index < -0.39 is 0 Å². The van der Waals surface area contributed by atoms with Crippen LogP contribution in [0.5, 0.6) is 0 Å². The summed E-state index contributed by atoms with van der Waals surface area (Å²) in [5.41, 5.74) is 6.04. The number of benzene rings is 2. The van der Waals surface area contributed by atoms with Crippen LogP contribution in [-0.2, 0) is 0 Å². The molecule has 0 aliphatic carbocycles. The Hall–Kier alpha value is -2.62. The minimum atomic E-state index is -0.248. The van der Waals surface area contributed by atoms with Crippen molar-refractivity contribution < 1.29 is 9.18 Å². The van der Waals surface area contributed by atoms with E-state index in [0.29, 0.717) is 5.69 Å². The predicted molar refractivity (Wildman–Crippen MR) is 102 cm³/mol. The van der Waals surface area contributed by atoms with Crippen molar-refractivity contribution in [2.24, 2.45) is 0 Å². The number of halogens is 1. The molecule has 1 aliphatic rings. The summed E-state index contributed by atoms with van der Waals surface area (Å²) in [6.45, 7) is 6.88. The van der Waals surface area contributed by atoms with Gasteiger partial charge < -0.3 is 9.88 Å². The van der Waals surface area contributed by atoms with Crippen molar-refractivity contribution >= 4 is 16.8 Å². The molecular weight excluding hydrogens is 327 g/mol. The Morgan fingerprint density at radius 1 is 1.08 bits per heavy atom. The maximum atomic E-state index is 13.3. The minimum absolute atomic E-state index is 0.0103. The van der Waals surface area contributed by atoms with Crippen LogP contribution in [0.4, 0.5) is 4.39 Å². The standard InChI is InChI=1S/C22H23FN2O/c1-13-6-7-14(2)20-19(13)15(3)21(24-20)22(26)25-12-4-5-18(25)16-8-10-17(23)11-9-16/h6-11,18,24H,4-5,12H2,1-3H3. The zero-order chi connectivity index (χ0) is 18.4. The zero-order valence-electron chi connectivity index (χ0n) is 15.4. The van der Waals surface area contributed by atoms with E-state index in [9.17, 15) is 9.18 Å². The van der Waals surface area contributed by atoms with Gasteiger partial charge in [0.2, 0.25) is 0 Å². The summed E-state index contributed by atoms with van der Waals surface area (Å²) in [5, 5.41) is 1.14. The number of carbonyl (C=O) groups is 1. The van der Waals surface area contributed by atoms with Gasteiger partial charge in [-0.25, -0.2) is 4.39 Å². The van der Waals surface area contributed by atoms with Crippen molar-refractivity contribution in [2.45, 2.75) is 39.7 Å². The molecule has 2 aromatic carbocycles. The molecule has 1 saturated heterocycles. The van der Waals surface area contributed by atoms with Crippen LogP contribution in [0.25, 0.3) is 10.9 Å². The lowest BCUT2D eigenvalue weighted by Crippen LogP contribution is -2.31. The van der Waals surface area contributed by atoms with Crippen LogP contribution in [0.1, 0.15) is 51.6 Å². The largest absolute Gasteiger partial charge is 0.350 e. The average Bonchev–Trinajstić information content (AvgIpc) is 3.24. The number of aromatic amines is 1. The molecule has 0 saturated carbocycles. The topological polar surface area (TPSA) is 36.1 Å². The molecule has 1 aliphatic heterocycles. The number of H-pyrrole nitrogens is 1. The Bertz CT molecular complexity index is 988. The number of fused-ring (bicyclic) bond motifs is 1. The van der Waals surface area contributed by atoms with Crippen molar-refractivity contribution in [3.63, 3.8) is 0 Å². The monoisotopic (exact) mass is 350 g/mol. The number of aromatic nitrogens is 1. The molecular formula is C22H23FN2O. The fourth-order valence-electron chi connectivity index (χ4n) is 4.20. The molecule has 4 heteroatoms. The fourth-order valence-corrected chi connectivity index (χ4v) is 4.20. The molecule has 1 fully saturated rings. The summed E-state index contributed by atoms with van der Waals surface area (Å²) in [6, 6.07) is 10.7. The molecule has 134 valence electrons. The van der Waals surface area contributed by atoms with Crippen LogP contribution in [0.15, 0.2) is 36.4 Å². The van der Waals surface area contributed by atoms with Gasteiger partial charge in [-0.2, -0.15) is 0 Å². The number of nitrogens with one attached hydrogen (secondary N) is 1. The van der Waals surface area contributed by atoms with E-state index in [2.05, 4.69) is 31.0 Å². The van der Waals surface area contributed by atoms with Crippen LogP contribution >= 0.6 is 0 Å². The number of hydrogen-bond donors (Lipinski definition) is 1. The Morgan fingerprint density at radius 2 is 1.77 bits per heavy atom. The number of nitrogens with zero attached hydrogens (tertiary/aromatic N) is 1. The lowest BCUT2D eigenvalue weighted by molar-refractivity contribution is 0.0730. The van der Waals surface area contributed by atoms with E-state index in [1.54, 1.807) is 12.1 Å². The van der Waals surface area contributed by atoms with E-state index in [1.807, 2.05) is 11.8 Å². The molecule has 1 N–H and O–H groups in total. The van der Waals surface area contributed by atoms with E-state index in [1.165, 1.54) is 17.7 Å². The maximum absolute atomic E-state index is 13.3. The van der Waals surface area contributed by atoms with Crippen LogP contribution in [-0.4, -0.2) is 22.3 Å². The predicted octanol–water partition coefficient (Wildman–Crippen LogP) is 5.21. The number of rotatable bonds is 2. The summed E-state index contributed by atoms with van der Waals surface area (Å²) >= 11 is 0. The first-order valence-electron chi connectivity index (χ1n) is 9.12. The maximum Gasteiger partial charge on any atom is 0.271 e. The van der Waals surface area contributed by atoms with Crippen molar-refractivity contribution in [3.8, 4) is 0 Å². The van der Waals surface area contributed by atoms with E-state index in [0.717, 1.165) is 47.0 Å². The third-order valence-corrected chi connectivity index (χ3v) is 5.60. The second kappa shape index (κ2) is 6.27. The SMILES string of the molecule is Cc1ccc(C)c2c(C)c(C(=O)N3CCCC3c3ccc(F)cc3)[nH]c12. The Morgan fingerprint density at radius 3 is 2.46 bits per heavy atom. The lowest BCUT2D eigenvalue weighted by atomic mass is 10.0. The summed E-state index contributed by atoms with van der Waals surface area (Å²) < 4.78 is 13.3. The molecule has 1 unspecified atom stereocenters. The molecule has 2 heterocycles. The molecule has 0 bridgehead atoms. The lowest BCUT2D eigenvalue weighted by Gasteiger charge is -2.25. The number of amides is 1. The summed E-state index contributed by atoms with van der Waals surface area (Å²) in [5.74, 6) is -0.216. The third-order valence-electron chi connectivity index (χ3n) is 5.60. The van der Waals surface area contributed by atoms with Crippen molar-refractivity contribution in [1.29, 1.82) is 0 Å². The minimum Gasteiger partial charge on any atom is -0.350 e. The molecule has 1 atom stereocenters. The van der Waals surface area contributed by atoms with Crippen molar-refractivity contribution in [3.05, 3.63) is 70.2 Å². The zero-order valence-corrected chi connectivity index (χ0v) is 15.4. The van der Waals surface area contributed by atoms with Crippen molar-refractivity contribution in [2.75, 3.05) is 6.54 Å². The van der Waals surface area contributed by atoms with Crippen LogP contribution in [0.3, 0.4) is 0 Å². The molecule has 26 heavy (non-hydrogen) atoms. The highest BCUT2D eigenvalue weighted by Gasteiger charge is 2.32. The quantitative estimate of drug-likeness (QED) is 0.677. The van der Waals surface area contributed by atoms with Crippen LogP contribution in [0.2, 0.25) is 0 Å². The highest BCUT2D eigenvalue weighted by Crippen LogP contribution is 2.35. The van der Waals surface area contributed by atoms with Gasteiger partial charge in [0.15, 0.2) is 0 Å².